The topological polar surface area (TPSA) is 70.8 Å². The smallest absolute Gasteiger partial charge is 0.255 e. The van der Waals surface area contributed by atoms with Gasteiger partial charge in [0, 0.05) is 20.1 Å². The standard InChI is InChI=1S/C18H21BrN2O4S/c1-20(13-14-9-10-17(19)25-14)18(22)15-7-3-4-8-16(15)26(23,24)21-11-5-2-6-12-21/h3-4,7-10H,2,5-6,11-13H2,1H3. The number of rotatable bonds is 5. The van der Waals surface area contributed by atoms with Gasteiger partial charge in [0.05, 0.1) is 17.0 Å². The van der Waals surface area contributed by atoms with Crippen LogP contribution in [0.25, 0.3) is 0 Å². The molecule has 1 saturated heterocycles. The Bertz CT molecular complexity index is 888. The van der Waals surface area contributed by atoms with Gasteiger partial charge in [-0.05, 0) is 53.0 Å². The Hall–Kier alpha value is -1.64. The number of carbonyl (C=O) groups is 1. The minimum absolute atomic E-state index is 0.0689. The summed E-state index contributed by atoms with van der Waals surface area (Å²) in [4.78, 5) is 14.4. The molecule has 1 aliphatic rings. The maximum absolute atomic E-state index is 13.0. The third-order valence-corrected chi connectivity index (χ3v) is 6.80. The van der Waals surface area contributed by atoms with E-state index < -0.39 is 10.0 Å². The van der Waals surface area contributed by atoms with Gasteiger partial charge in [0.25, 0.3) is 5.91 Å². The number of benzene rings is 1. The number of hydrogen-bond acceptors (Lipinski definition) is 4. The second-order valence-corrected chi connectivity index (χ2v) is 9.02. The number of nitrogens with zero attached hydrogens (tertiary/aromatic N) is 2. The number of amides is 1. The molecular formula is C18H21BrN2O4S. The molecule has 1 aromatic heterocycles. The van der Waals surface area contributed by atoms with E-state index in [-0.39, 0.29) is 22.9 Å². The molecule has 3 rings (SSSR count). The van der Waals surface area contributed by atoms with Crippen molar-refractivity contribution in [3.8, 4) is 0 Å². The van der Waals surface area contributed by atoms with E-state index in [9.17, 15) is 13.2 Å². The molecule has 0 aliphatic carbocycles. The Morgan fingerprint density at radius 2 is 1.85 bits per heavy atom. The van der Waals surface area contributed by atoms with Crippen LogP contribution < -0.4 is 0 Å². The summed E-state index contributed by atoms with van der Waals surface area (Å²) in [6, 6.07) is 9.92. The van der Waals surface area contributed by atoms with Crippen LogP contribution in [0, 0.1) is 0 Å². The minimum atomic E-state index is -3.69. The molecule has 0 N–H and O–H groups in total. The number of furan rings is 1. The van der Waals surface area contributed by atoms with Crippen LogP contribution in [0.4, 0.5) is 0 Å². The second-order valence-electron chi connectivity index (χ2n) is 6.33. The van der Waals surface area contributed by atoms with Crippen LogP contribution in [0.5, 0.6) is 0 Å². The summed E-state index contributed by atoms with van der Waals surface area (Å²) in [7, 11) is -2.06. The van der Waals surface area contributed by atoms with Gasteiger partial charge in [-0.1, -0.05) is 18.6 Å². The SMILES string of the molecule is CN(Cc1ccc(Br)o1)C(=O)c1ccccc1S(=O)(=O)N1CCCCC1. The zero-order chi connectivity index (χ0) is 18.7. The molecule has 1 aliphatic heterocycles. The summed E-state index contributed by atoms with van der Waals surface area (Å²) in [6.07, 6.45) is 2.74. The monoisotopic (exact) mass is 440 g/mol. The quantitative estimate of drug-likeness (QED) is 0.713. The third-order valence-electron chi connectivity index (χ3n) is 4.42. The average molecular weight is 441 g/mol. The Kier molecular flexibility index (Phi) is 5.84. The molecule has 1 fully saturated rings. The zero-order valence-electron chi connectivity index (χ0n) is 14.5. The van der Waals surface area contributed by atoms with Gasteiger partial charge < -0.3 is 9.32 Å². The molecule has 140 valence electrons. The van der Waals surface area contributed by atoms with Crippen molar-refractivity contribution in [2.24, 2.45) is 0 Å². The third kappa shape index (κ3) is 4.02. The highest BCUT2D eigenvalue weighted by atomic mass is 79.9. The molecule has 0 saturated carbocycles. The van der Waals surface area contributed by atoms with Crippen molar-refractivity contribution < 1.29 is 17.6 Å². The molecule has 6 nitrogen and oxygen atoms in total. The normalized spacial score (nSPS) is 15.8. The van der Waals surface area contributed by atoms with Crippen LogP contribution in [0.15, 0.2) is 50.4 Å². The van der Waals surface area contributed by atoms with E-state index >= 15 is 0 Å². The van der Waals surface area contributed by atoms with Crippen molar-refractivity contribution in [2.75, 3.05) is 20.1 Å². The lowest BCUT2D eigenvalue weighted by Gasteiger charge is -2.27. The number of hydrogen-bond donors (Lipinski definition) is 0. The summed E-state index contributed by atoms with van der Waals surface area (Å²) in [5.74, 6) is 0.262. The molecule has 1 aromatic carbocycles. The van der Waals surface area contributed by atoms with Crippen molar-refractivity contribution in [2.45, 2.75) is 30.7 Å². The first-order chi connectivity index (χ1) is 12.4. The summed E-state index contributed by atoms with van der Waals surface area (Å²) in [6.45, 7) is 1.25. The lowest BCUT2D eigenvalue weighted by atomic mass is 10.2. The van der Waals surface area contributed by atoms with Gasteiger partial charge in [-0.15, -0.1) is 0 Å². The molecule has 0 unspecified atom stereocenters. The van der Waals surface area contributed by atoms with Gasteiger partial charge in [0.1, 0.15) is 5.76 Å². The number of sulfonamides is 1. The molecule has 0 atom stereocenters. The van der Waals surface area contributed by atoms with Crippen molar-refractivity contribution in [1.29, 1.82) is 0 Å². The van der Waals surface area contributed by atoms with E-state index in [1.807, 2.05) is 0 Å². The van der Waals surface area contributed by atoms with Crippen LogP contribution in [0.3, 0.4) is 0 Å². The lowest BCUT2D eigenvalue weighted by molar-refractivity contribution is 0.0771. The van der Waals surface area contributed by atoms with Gasteiger partial charge in [-0.25, -0.2) is 8.42 Å². The summed E-state index contributed by atoms with van der Waals surface area (Å²) in [5.41, 5.74) is 0.186. The molecule has 0 radical (unpaired) electrons. The van der Waals surface area contributed by atoms with Crippen molar-refractivity contribution in [3.63, 3.8) is 0 Å². The largest absolute Gasteiger partial charge is 0.452 e. The van der Waals surface area contributed by atoms with Gasteiger partial charge in [-0.2, -0.15) is 4.31 Å². The average Bonchev–Trinajstić information content (AvgIpc) is 3.06. The molecule has 0 bridgehead atoms. The first-order valence-electron chi connectivity index (χ1n) is 8.48. The number of piperidine rings is 1. The molecule has 2 aromatic rings. The van der Waals surface area contributed by atoms with Crippen molar-refractivity contribution >= 4 is 31.9 Å². The van der Waals surface area contributed by atoms with Crippen LogP contribution >= 0.6 is 15.9 Å². The number of halogens is 1. The van der Waals surface area contributed by atoms with Crippen LogP contribution in [-0.2, 0) is 16.6 Å². The molecule has 1 amide bonds. The summed E-state index contributed by atoms with van der Waals surface area (Å²) < 4.78 is 33.5. The molecule has 0 spiro atoms. The van der Waals surface area contributed by atoms with E-state index in [2.05, 4.69) is 15.9 Å². The predicted molar refractivity (Wildman–Crippen MR) is 101 cm³/mol. The fourth-order valence-electron chi connectivity index (χ4n) is 3.06. The highest BCUT2D eigenvalue weighted by Gasteiger charge is 2.30. The molecule has 26 heavy (non-hydrogen) atoms. The minimum Gasteiger partial charge on any atom is -0.452 e. The molecule has 8 heteroatoms. The van der Waals surface area contributed by atoms with Gasteiger partial charge >= 0.3 is 0 Å². The van der Waals surface area contributed by atoms with Crippen molar-refractivity contribution in [1.82, 2.24) is 9.21 Å². The van der Waals surface area contributed by atoms with Crippen LogP contribution in [0.1, 0.15) is 35.4 Å². The van der Waals surface area contributed by atoms with Crippen LogP contribution in [0.2, 0.25) is 0 Å². The van der Waals surface area contributed by atoms with E-state index in [0.717, 1.165) is 19.3 Å². The van der Waals surface area contributed by atoms with E-state index in [4.69, 9.17) is 4.42 Å². The molecular weight excluding hydrogens is 420 g/mol. The summed E-state index contributed by atoms with van der Waals surface area (Å²) >= 11 is 3.23. The van der Waals surface area contributed by atoms with E-state index in [0.29, 0.717) is 23.5 Å². The fourth-order valence-corrected chi connectivity index (χ4v) is 5.10. The Morgan fingerprint density at radius 3 is 2.50 bits per heavy atom. The Balaban J connectivity index is 1.87. The van der Waals surface area contributed by atoms with Crippen LogP contribution in [-0.4, -0.2) is 43.7 Å². The van der Waals surface area contributed by atoms with E-state index in [1.165, 1.54) is 15.3 Å². The molecule has 2 heterocycles. The van der Waals surface area contributed by atoms with Gasteiger partial charge in [-0.3, -0.25) is 4.79 Å². The van der Waals surface area contributed by atoms with Gasteiger partial charge in [0.2, 0.25) is 10.0 Å². The highest BCUT2D eigenvalue weighted by Crippen LogP contribution is 2.25. The summed E-state index contributed by atoms with van der Waals surface area (Å²) in [5, 5.41) is 0. The Labute approximate surface area is 162 Å². The Morgan fingerprint density at radius 1 is 1.15 bits per heavy atom. The first kappa shape index (κ1) is 19.1. The lowest BCUT2D eigenvalue weighted by Crippen LogP contribution is -2.37. The number of carbonyl (C=O) groups excluding carboxylic acids is 1. The zero-order valence-corrected chi connectivity index (χ0v) is 16.9. The van der Waals surface area contributed by atoms with Crippen molar-refractivity contribution in [3.05, 3.63) is 52.4 Å². The fraction of sp³-hybridized carbons (Fsp3) is 0.389. The maximum atomic E-state index is 13.0. The van der Waals surface area contributed by atoms with Gasteiger partial charge in [0.15, 0.2) is 4.67 Å². The van der Waals surface area contributed by atoms with E-state index in [1.54, 1.807) is 37.4 Å². The predicted octanol–water partition coefficient (Wildman–Crippen LogP) is 3.49. The highest BCUT2D eigenvalue weighted by molar-refractivity contribution is 9.10. The second kappa shape index (κ2) is 7.94. The maximum Gasteiger partial charge on any atom is 0.255 e. The first-order valence-corrected chi connectivity index (χ1v) is 10.7.